The van der Waals surface area contributed by atoms with Gasteiger partial charge in [-0.2, -0.15) is 0 Å². The van der Waals surface area contributed by atoms with E-state index >= 15 is 0 Å². The molecule has 2 heterocycles. The molecule has 1 unspecified atom stereocenters. The number of Topliss-reactive ketones (excluding diaryl/α,β-unsaturated/α-hetero) is 1. The number of quaternary nitrogens is 1. The standard InChI is InChI=1S/C38H54FN5O8S/c1-6-37(3,4)52-36(49)41-31(16-11-9-7-8-10-14-26-20-38(26,5)34(47)42-53(50,51)28-17-18-28)33(46)44-22-27(19-32(44)24(2)45)40-35(48)43-21-25-13-12-15-30(39)29(25)23-43/h10,12-15,26-28,31-32H,6-9,11,16-23H2,1-5H3,(H,40,48)(H,41,49)(H,42,47)/p+1/b14-10-/t26-,27?,31+,32+,38+/m1/s1. The van der Waals surface area contributed by atoms with Gasteiger partial charge in [0.05, 0.1) is 36.3 Å². The van der Waals surface area contributed by atoms with Crippen molar-refractivity contribution < 1.29 is 46.8 Å². The molecular formula is C38H55FN5O8S+. The summed E-state index contributed by atoms with van der Waals surface area (Å²) < 4.78 is 46.5. The summed E-state index contributed by atoms with van der Waals surface area (Å²) in [5.74, 6) is -1.45. The molecule has 1 aromatic carbocycles. The Balaban J connectivity index is 1.13. The Hall–Kier alpha value is -3.85. The molecule has 5 rings (SSSR count). The quantitative estimate of drug-likeness (QED) is 0.168. The second kappa shape index (κ2) is 16.3. The van der Waals surface area contributed by atoms with Gasteiger partial charge >= 0.3 is 12.1 Å². The first-order valence-electron chi connectivity index (χ1n) is 18.9. The van der Waals surface area contributed by atoms with Crippen LogP contribution in [0, 0.1) is 17.2 Å². The first-order valence-corrected chi connectivity index (χ1v) is 20.4. The number of carbonyl (C=O) groups excluding carboxylic acids is 5. The highest BCUT2D eigenvalue weighted by atomic mass is 32.2. The van der Waals surface area contributed by atoms with Crippen LogP contribution < -0.4 is 15.4 Å². The number of nitrogens with one attached hydrogen (secondary N) is 2. The topological polar surface area (TPSA) is 176 Å². The molecule has 0 aromatic heterocycles. The van der Waals surface area contributed by atoms with E-state index in [1.165, 1.54) is 23.2 Å². The molecule has 1 saturated heterocycles. The van der Waals surface area contributed by atoms with Crippen molar-refractivity contribution in [2.45, 2.75) is 141 Å². The molecule has 4 aliphatic rings. The van der Waals surface area contributed by atoms with E-state index in [0.29, 0.717) is 44.1 Å². The summed E-state index contributed by atoms with van der Waals surface area (Å²) in [6.45, 7) is 9.21. The Bertz CT molecular complexity index is 1730. The van der Waals surface area contributed by atoms with Crippen molar-refractivity contribution in [2.24, 2.45) is 11.3 Å². The van der Waals surface area contributed by atoms with Crippen LogP contribution in [-0.4, -0.2) is 83.5 Å². The number of unbranched alkanes of at least 4 members (excludes halogenated alkanes) is 3. The van der Waals surface area contributed by atoms with E-state index in [0.717, 1.165) is 24.8 Å². The Labute approximate surface area is 311 Å². The molecule has 2 aliphatic carbocycles. The maximum Gasteiger partial charge on any atom is 0.416 e. The average Bonchev–Trinajstić information content (AvgIpc) is 3.96. The largest absolute Gasteiger partial charge is 0.444 e. The van der Waals surface area contributed by atoms with Gasteiger partial charge in [-0.1, -0.05) is 51.0 Å². The lowest BCUT2D eigenvalue weighted by Gasteiger charge is -2.29. The Morgan fingerprint density at radius 2 is 1.87 bits per heavy atom. The van der Waals surface area contributed by atoms with Crippen LogP contribution in [0.4, 0.5) is 14.0 Å². The summed E-state index contributed by atoms with van der Waals surface area (Å²) in [5.41, 5.74) is -0.221. The van der Waals surface area contributed by atoms with Gasteiger partial charge in [0.2, 0.25) is 21.8 Å². The number of ketones is 1. The third-order valence-corrected chi connectivity index (χ3v) is 13.1. The molecule has 0 radical (unpaired) electrons. The Morgan fingerprint density at radius 3 is 2.53 bits per heavy atom. The van der Waals surface area contributed by atoms with Crippen LogP contribution >= 0.6 is 0 Å². The maximum absolute atomic E-state index is 14.3. The minimum absolute atomic E-state index is 0.0258. The predicted octanol–water partition coefficient (Wildman–Crippen LogP) is 3.81. The van der Waals surface area contributed by atoms with Crippen LogP contribution in [-0.2, 0) is 42.2 Å². The van der Waals surface area contributed by atoms with Crippen molar-refractivity contribution in [1.82, 2.24) is 19.8 Å². The van der Waals surface area contributed by atoms with Crippen molar-refractivity contribution >= 4 is 39.7 Å². The molecule has 2 aliphatic heterocycles. The lowest BCUT2D eigenvalue weighted by molar-refractivity contribution is -0.598. The number of amides is 5. The number of hydrogen-bond acceptors (Lipinski definition) is 8. The van der Waals surface area contributed by atoms with Crippen LogP contribution in [0.25, 0.3) is 0 Å². The van der Waals surface area contributed by atoms with Gasteiger partial charge in [0.25, 0.3) is 0 Å². The number of ether oxygens (including phenoxy) is 1. The third kappa shape index (κ3) is 10.0. The van der Waals surface area contributed by atoms with Gasteiger partial charge in [-0.3, -0.25) is 29.3 Å². The number of nitrogens with zero attached hydrogens (tertiary/aromatic N) is 2. The highest BCUT2D eigenvalue weighted by Gasteiger charge is 2.56. The number of alkyl carbamates (subject to hydrolysis) is 1. The summed E-state index contributed by atoms with van der Waals surface area (Å²) >= 11 is 0. The molecule has 1 aromatic rings. The van der Waals surface area contributed by atoms with Crippen molar-refractivity contribution in [3.8, 4) is 0 Å². The molecule has 5 atom stereocenters. The van der Waals surface area contributed by atoms with E-state index in [4.69, 9.17) is 4.74 Å². The minimum atomic E-state index is -3.58. The summed E-state index contributed by atoms with van der Waals surface area (Å²) in [5, 5.41) is 3.82. The number of nitrogens with two attached hydrogens (primary N) is 1. The number of sulfonamides is 1. The van der Waals surface area contributed by atoms with Crippen molar-refractivity contribution in [2.75, 3.05) is 6.54 Å². The molecule has 0 spiro atoms. The van der Waals surface area contributed by atoms with Gasteiger partial charge in [0.1, 0.15) is 23.5 Å². The van der Waals surface area contributed by atoms with E-state index in [-0.39, 0.29) is 49.6 Å². The number of primary amides is 1. The molecule has 15 heteroatoms. The number of allylic oxidation sites excluding steroid dienone is 2. The van der Waals surface area contributed by atoms with Crippen molar-refractivity contribution in [3.63, 3.8) is 0 Å². The number of halogens is 1. The smallest absolute Gasteiger partial charge is 0.416 e. The fourth-order valence-electron chi connectivity index (χ4n) is 7.11. The first-order chi connectivity index (χ1) is 24.9. The SMILES string of the molecule is CCC(C)(C)OC(=O)N[C@@H](CCCCC/C=C\[C@@H]1C[C@]1(C)C(=O)NS(=O)(=O)C1CC1)C(=O)N1CC([NH2+]C(=O)N2Cc3cccc(F)c3C2)C[C@H]1C(C)=O. The fourth-order valence-corrected chi connectivity index (χ4v) is 8.52. The lowest BCUT2D eigenvalue weighted by Crippen LogP contribution is -2.95. The maximum atomic E-state index is 14.3. The van der Waals surface area contributed by atoms with Crippen LogP contribution in [0.3, 0.4) is 0 Å². The second-order valence-electron chi connectivity index (χ2n) is 16.0. The number of benzene rings is 1. The van der Waals surface area contributed by atoms with E-state index in [9.17, 15) is 36.8 Å². The summed E-state index contributed by atoms with van der Waals surface area (Å²) in [6.07, 6.45) is 9.03. The number of rotatable bonds is 16. The van der Waals surface area contributed by atoms with Gasteiger partial charge in [-0.25, -0.2) is 22.4 Å². The molecule has 5 amide bonds. The Kier molecular flexibility index (Phi) is 12.4. The molecule has 2 saturated carbocycles. The van der Waals surface area contributed by atoms with Gasteiger partial charge in [-0.15, -0.1) is 0 Å². The third-order valence-electron chi connectivity index (χ3n) is 11.3. The van der Waals surface area contributed by atoms with Crippen molar-refractivity contribution in [1.29, 1.82) is 0 Å². The zero-order valence-electron chi connectivity index (χ0n) is 31.5. The minimum Gasteiger partial charge on any atom is -0.444 e. The number of hydrogen-bond donors (Lipinski definition) is 3. The summed E-state index contributed by atoms with van der Waals surface area (Å²) in [4.78, 5) is 68.7. The first kappa shape index (κ1) is 40.3. The zero-order valence-corrected chi connectivity index (χ0v) is 32.3. The number of fused-ring (bicyclic) bond motifs is 1. The number of carbonyl (C=O) groups is 5. The van der Waals surface area contributed by atoms with Crippen LogP contribution in [0.15, 0.2) is 30.4 Å². The van der Waals surface area contributed by atoms with Gasteiger partial charge in [-0.05, 0) is 83.3 Å². The van der Waals surface area contributed by atoms with Gasteiger partial charge < -0.3 is 15.0 Å². The summed E-state index contributed by atoms with van der Waals surface area (Å²) in [6, 6.07) is 2.40. The molecule has 292 valence electrons. The summed E-state index contributed by atoms with van der Waals surface area (Å²) in [7, 11) is -3.58. The van der Waals surface area contributed by atoms with E-state index in [1.807, 2.05) is 19.1 Å². The normalized spacial score (nSPS) is 24.5. The predicted molar refractivity (Wildman–Crippen MR) is 194 cm³/mol. The zero-order chi connectivity index (χ0) is 38.7. The molecule has 3 fully saturated rings. The molecule has 4 N–H and O–H groups in total. The molecular weight excluding hydrogens is 706 g/mol. The van der Waals surface area contributed by atoms with Crippen LogP contribution in [0.2, 0.25) is 0 Å². The monoisotopic (exact) mass is 760 g/mol. The lowest BCUT2D eigenvalue weighted by atomic mass is 10.0. The van der Waals surface area contributed by atoms with E-state index in [1.54, 1.807) is 37.8 Å². The van der Waals surface area contributed by atoms with Crippen LogP contribution in [0.5, 0.6) is 0 Å². The average molecular weight is 761 g/mol. The highest BCUT2D eigenvalue weighted by Crippen LogP contribution is 2.53. The van der Waals surface area contributed by atoms with Gasteiger partial charge in [0, 0.05) is 12.0 Å². The number of urea groups is 1. The second-order valence-corrected chi connectivity index (χ2v) is 18.0. The van der Waals surface area contributed by atoms with Crippen LogP contribution in [0.1, 0.15) is 110 Å². The molecule has 0 bridgehead atoms. The fraction of sp³-hybridized carbons (Fsp3) is 0.658. The molecule has 13 nitrogen and oxygen atoms in total. The van der Waals surface area contributed by atoms with Gasteiger partial charge in [0.15, 0.2) is 5.78 Å². The molecule has 53 heavy (non-hydrogen) atoms. The van der Waals surface area contributed by atoms with Crippen molar-refractivity contribution in [3.05, 3.63) is 47.3 Å². The van der Waals surface area contributed by atoms with E-state index in [2.05, 4.69) is 10.0 Å². The van der Waals surface area contributed by atoms with E-state index < -0.39 is 62.3 Å². The highest BCUT2D eigenvalue weighted by molar-refractivity contribution is 7.90. The number of likely N-dealkylation sites (tertiary alicyclic amines) is 1. The Morgan fingerprint density at radius 1 is 1.13 bits per heavy atom.